The fourth-order valence-corrected chi connectivity index (χ4v) is 5.04. The van der Waals surface area contributed by atoms with E-state index in [-0.39, 0.29) is 12.1 Å². The fourth-order valence-electron chi connectivity index (χ4n) is 3.30. The van der Waals surface area contributed by atoms with Crippen LogP contribution in [0.15, 0.2) is 89.8 Å². The molecule has 0 aromatic heterocycles. The van der Waals surface area contributed by atoms with Gasteiger partial charge in [-0.25, -0.2) is 8.42 Å². The van der Waals surface area contributed by atoms with Crippen molar-refractivity contribution in [2.75, 3.05) is 0 Å². The van der Waals surface area contributed by atoms with Crippen LogP contribution in [0.2, 0.25) is 0 Å². The molecule has 3 nitrogen and oxygen atoms in total. The maximum absolute atomic E-state index is 13.2. The van der Waals surface area contributed by atoms with Crippen LogP contribution in [-0.2, 0) is 10.0 Å². The Kier molecular flexibility index (Phi) is 3.94. The van der Waals surface area contributed by atoms with Crippen LogP contribution in [0.25, 0.3) is 0 Å². The van der Waals surface area contributed by atoms with E-state index in [0.717, 1.165) is 16.7 Å². The Morgan fingerprint density at radius 3 is 1.56 bits per heavy atom. The van der Waals surface area contributed by atoms with Crippen molar-refractivity contribution in [1.29, 1.82) is 0 Å². The van der Waals surface area contributed by atoms with Crippen LogP contribution in [0.3, 0.4) is 0 Å². The zero-order valence-corrected chi connectivity index (χ0v) is 14.7. The molecule has 0 spiro atoms. The van der Waals surface area contributed by atoms with Crippen molar-refractivity contribution >= 4 is 10.0 Å². The minimum atomic E-state index is -3.54. The first-order chi connectivity index (χ1) is 12.1. The lowest BCUT2D eigenvalue weighted by molar-refractivity contribution is 0.547. The zero-order chi connectivity index (χ0) is 17.4. The highest BCUT2D eigenvalue weighted by Gasteiger charge is 2.56. The van der Waals surface area contributed by atoms with Gasteiger partial charge in [-0.05, 0) is 30.2 Å². The van der Waals surface area contributed by atoms with Gasteiger partial charge in [-0.2, -0.15) is 4.31 Å². The maximum Gasteiger partial charge on any atom is 0.244 e. The van der Waals surface area contributed by atoms with Crippen LogP contribution in [-0.4, -0.2) is 12.7 Å². The van der Waals surface area contributed by atoms with Crippen molar-refractivity contribution < 1.29 is 8.42 Å². The average molecular weight is 349 g/mol. The van der Waals surface area contributed by atoms with E-state index in [2.05, 4.69) is 0 Å². The van der Waals surface area contributed by atoms with Crippen LogP contribution in [0, 0.1) is 6.92 Å². The standard InChI is InChI=1S/C21H19NO2S/c1-16-12-14-19(15-13-16)25(23,24)22-20(17-8-4-2-5-9-17)21(22)18-10-6-3-7-11-18/h2-15,20-21H,1H3/t20-,21+,22?. The molecule has 0 N–H and O–H groups in total. The summed E-state index contributed by atoms with van der Waals surface area (Å²) in [5.74, 6) is 0. The van der Waals surface area contributed by atoms with Crippen LogP contribution in [0.1, 0.15) is 28.8 Å². The van der Waals surface area contributed by atoms with Gasteiger partial charge in [-0.15, -0.1) is 0 Å². The van der Waals surface area contributed by atoms with Gasteiger partial charge in [-0.1, -0.05) is 78.4 Å². The van der Waals surface area contributed by atoms with Gasteiger partial charge in [0.2, 0.25) is 10.0 Å². The van der Waals surface area contributed by atoms with Gasteiger partial charge in [0.15, 0.2) is 0 Å². The second kappa shape index (κ2) is 6.14. The SMILES string of the molecule is Cc1ccc(S(=O)(=O)N2[C@H](c3ccccc3)[C@@H]2c2ccccc2)cc1. The molecule has 0 bridgehead atoms. The molecule has 1 saturated heterocycles. The molecular formula is C21H19NO2S. The van der Waals surface area contributed by atoms with E-state index >= 15 is 0 Å². The van der Waals surface area contributed by atoms with E-state index in [1.165, 1.54) is 0 Å². The second-order valence-electron chi connectivity index (χ2n) is 6.36. The Balaban J connectivity index is 1.77. The molecular weight excluding hydrogens is 330 g/mol. The summed E-state index contributed by atoms with van der Waals surface area (Å²) >= 11 is 0. The van der Waals surface area contributed by atoms with Crippen molar-refractivity contribution in [2.24, 2.45) is 0 Å². The molecule has 0 aliphatic carbocycles. The minimum absolute atomic E-state index is 0.157. The fraction of sp³-hybridized carbons (Fsp3) is 0.143. The summed E-state index contributed by atoms with van der Waals surface area (Å²) in [7, 11) is -3.54. The van der Waals surface area contributed by atoms with Crippen LogP contribution < -0.4 is 0 Å². The summed E-state index contributed by atoms with van der Waals surface area (Å²) in [6.45, 7) is 1.95. The summed E-state index contributed by atoms with van der Waals surface area (Å²) in [4.78, 5) is 0.345. The number of aryl methyl sites for hydroxylation is 1. The molecule has 4 rings (SSSR count). The lowest BCUT2D eigenvalue weighted by Gasteiger charge is -2.07. The molecule has 1 aliphatic rings. The zero-order valence-electron chi connectivity index (χ0n) is 13.9. The number of benzene rings is 3. The molecule has 0 amide bonds. The third-order valence-electron chi connectivity index (χ3n) is 4.64. The Morgan fingerprint density at radius 2 is 1.12 bits per heavy atom. The van der Waals surface area contributed by atoms with Gasteiger partial charge >= 0.3 is 0 Å². The number of hydrogen-bond acceptors (Lipinski definition) is 2. The summed E-state index contributed by atoms with van der Waals surface area (Å²) in [6, 6.07) is 26.4. The van der Waals surface area contributed by atoms with Gasteiger partial charge in [0.05, 0.1) is 17.0 Å². The van der Waals surface area contributed by atoms with E-state index < -0.39 is 10.0 Å². The smallest absolute Gasteiger partial charge is 0.207 e. The van der Waals surface area contributed by atoms with Gasteiger partial charge < -0.3 is 0 Å². The molecule has 3 aromatic rings. The summed E-state index contributed by atoms with van der Waals surface area (Å²) in [5.41, 5.74) is 3.09. The Labute approximate surface area is 148 Å². The van der Waals surface area contributed by atoms with Crippen molar-refractivity contribution in [2.45, 2.75) is 23.9 Å². The molecule has 1 fully saturated rings. The molecule has 1 unspecified atom stereocenters. The topological polar surface area (TPSA) is 37.1 Å². The summed E-state index contributed by atoms with van der Waals surface area (Å²) < 4.78 is 28.0. The van der Waals surface area contributed by atoms with E-state index in [4.69, 9.17) is 0 Å². The van der Waals surface area contributed by atoms with Crippen molar-refractivity contribution in [3.63, 3.8) is 0 Å². The second-order valence-corrected chi connectivity index (χ2v) is 8.20. The minimum Gasteiger partial charge on any atom is -0.207 e. The molecule has 4 heteroatoms. The van der Waals surface area contributed by atoms with Gasteiger partial charge in [0.1, 0.15) is 0 Å². The Bertz CT molecular complexity index is 922. The third-order valence-corrected chi connectivity index (χ3v) is 6.51. The lowest BCUT2D eigenvalue weighted by atomic mass is 10.0. The van der Waals surface area contributed by atoms with Gasteiger partial charge in [0, 0.05) is 0 Å². The van der Waals surface area contributed by atoms with Crippen LogP contribution in [0.4, 0.5) is 0 Å². The molecule has 1 aliphatic heterocycles. The predicted octanol–water partition coefficient (Wildman–Crippen LogP) is 4.48. The lowest BCUT2D eigenvalue weighted by Crippen LogP contribution is -2.13. The highest BCUT2D eigenvalue weighted by atomic mass is 32.2. The number of rotatable bonds is 4. The number of nitrogens with zero attached hydrogens (tertiary/aromatic N) is 1. The third kappa shape index (κ3) is 2.88. The first kappa shape index (κ1) is 16.1. The highest BCUT2D eigenvalue weighted by molar-refractivity contribution is 7.89. The first-order valence-corrected chi connectivity index (χ1v) is 9.73. The summed E-state index contributed by atoms with van der Waals surface area (Å²) in [6.07, 6.45) is 0. The van der Waals surface area contributed by atoms with Crippen LogP contribution >= 0.6 is 0 Å². The molecule has 126 valence electrons. The quantitative estimate of drug-likeness (QED) is 0.651. The monoisotopic (exact) mass is 349 g/mol. The molecule has 0 radical (unpaired) electrons. The Morgan fingerprint density at radius 1 is 0.680 bits per heavy atom. The number of hydrogen-bond donors (Lipinski definition) is 0. The van der Waals surface area contributed by atoms with Crippen LogP contribution in [0.5, 0.6) is 0 Å². The predicted molar refractivity (Wildman–Crippen MR) is 98.6 cm³/mol. The normalized spacial score (nSPS) is 22.5. The molecule has 1 heterocycles. The van der Waals surface area contributed by atoms with E-state index in [1.54, 1.807) is 16.4 Å². The highest BCUT2D eigenvalue weighted by Crippen LogP contribution is 2.57. The maximum atomic E-state index is 13.2. The van der Waals surface area contributed by atoms with Gasteiger partial charge in [-0.3, -0.25) is 0 Å². The largest absolute Gasteiger partial charge is 0.244 e. The summed E-state index contributed by atoms with van der Waals surface area (Å²) in [5, 5.41) is 0. The Hall–Kier alpha value is -2.43. The molecule has 0 saturated carbocycles. The first-order valence-electron chi connectivity index (χ1n) is 8.29. The molecule has 3 atom stereocenters. The molecule has 3 aromatic carbocycles. The average Bonchev–Trinajstić information content (AvgIpc) is 3.40. The van der Waals surface area contributed by atoms with E-state index in [9.17, 15) is 8.42 Å². The van der Waals surface area contributed by atoms with Crippen molar-refractivity contribution in [3.05, 3.63) is 102 Å². The van der Waals surface area contributed by atoms with Gasteiger partial charge in [0.25, 0.3) is 0 Å². The van der Waals surface area contributed by atoms with Crippen molar-refractivity contribution in [1.82, 2.24) is 4.31 Å². The number of sulfonamides is 1. The molecule has 25 heavy (non-hydrogen) atoms. The van der Waals surface area contributed by atoms with Crippen molar-refractivity contribution in [3.8, 4) is 0 Å². The van der Waals surface area contributed by atoms with E-state index in [0.29, 0.717) is 4.90 Å². The van der Waals surface area contributed by atoms with E-state index in [1.807, 2.05) is 79.7 Å².